The Morgan fingerprint density at radius 3 is 2.71 bits per heavy atom. The molecule has 35 heavy (non-hydrogen) atoms. The molecule has 1 atom stereocenters. The highest BCUT2D eigenvalue weighted by molar-refractivity contribution is 5.85. The average Bonchev–Trinajstić information content (AvgIpc) is 3.50. The quantitative estimate of drug-likeness (QED) is 0.373. The molecule has 0 radical (unpaired) electrons. The van der Waals surface area contributed by atoms with Gasteiger partial charge < -0.3 is 9.64 Å². The number of nitrogens with zero attached hydrogens (tertiary/aromatic N) is 4. The van der Waals surface area contributed by atoms with Crippen molar-refractivity contribution in [3.63, 3.8) is 0 Å². The van der Waals surface area contributed by atoms with Crippen molar-refractivity contribution in [2.45, 2.75) is 52.8 Å². The summed E-state index contributed by atoms with van der Waals surface area (Å²) in [5.74, 6) is 0.0312. The fraction of sp³-hybridized carbons (Fsp3) is 0.345. The lowest BCUT2D eigenvalue weighted by atomic mass is 9.98. The number of carbonyl (C=O) groups is 1. The zero-order valence-corrected chi connectivity index (χ0v) is 20.7. The van der Waals surface area contributed by atoms with Gasteiger partial charge in [0.15, 0.2) is 0 Å². The van der Waals surface area contributed by atoms with Gasteiger partial charge in [0.05, 0.1) is 23.0 Å². The number of aromatic nitrogens is 3. The second-order valence-corrected chi connectivity index (χ2v) is 9.57. The van der Waals surface area contributed by atoms with Crippen LogP contribution in [0.4, 0.5) is 0 Å². The van der Waals surface area contributed by atoms with Gasteiger partial charge in [-0.15, -0.1) is 0 Å². The summed E-state index contributed by atoms with van der Waals surface area (Å²) in [6, 6.07) is 18.8. The number of rotatable bonds is 7. The van der Waals surface area contributed by atoms with Crippen molar-refractivity contribution in [1.82, 2.24) is 19.7 Å². The van der Waals surface area contributed by atoms with Gasteiger partial charge in [0.25, 0.3) is 0 Å². The van der Waals surface area contributed by atoms with Crippen molar-refractivity contribution in [2.75, 3.05) is 13.2 Å². The number of aryl methyl sites for hydroxylation is 3. The van der Waals surface area contributed by atoms with Crippen LogP contribution in [-0.4, -0.2) is 44.8 Å². The predicted molar refractivity (Wildman–Crippen MR) is 138 cm³/mol. The Bertz CT molecular complexity index is 1350. The molecule has 5 rings (SSSR count). The molecule has 0 unspecified atom stereocenters. The van der Waals surface area contributed by atoms with Crippen LogP contribution < -0.4 is 0 Å². The van der Waals surface area contributed by atoms with Crippen LogP contribution in [0.5, 0.6) is 0 Å². The zero-order valence-electron chi connectivity index (χ0n) is 20.7. The van der Waals surface area contributed by atoms with Crippen LogP contribution in [0.25, 0.3) is 22.2 Å². The molecule has 6 heteroatoms. The lowest BCUT2D eigenvalue weighted by molar-refractivity contribution is -0.134. The van der Waals surface area contributed by atoms with E-state index in [0.717, 1.165) is 58.4 Å². The molecule has 0 bridgehead atoms. The monoisotopic (exact) mass is 468 g/mol. The molecule has 4 aromatic rings. The summed E-state index contributed by atoms with van der Waals surface area (Å²) in [4.78, 5) is 20.6. The largest absolute Gasteiger partial charge is 0.376 e. The Kier molecular flexibility index (Phi) is 6.64. The van der Waals surface area contributed by atoms with Gasteiger partial charge in [0, 0.05) is 36.8 Å². The highest BCUT2D eigenvalue weighted by atomic mass is 16.5. The molecular formula is C29H32N4O2. The van der Waals surface area contributed by atoms with Crippen molar-refractivity contribution < 1.29 is 9.53 Å². The molecule has 1 aliphatic rings. The lowest BCUT2D eigenvalue weighted by Gasteiger charge is -2.27. The van der Waals surface area contributed by atoms with Crippen molar-refractivity contribution >= 4 is 16.8 Å². The summed E-state index contributed by atoms with van der Waals surface area (Å²) in [7, 11) is 0. The van der Waals surface area contributed by atoms with Crippen LogP contribution >= 0.6 is 0 Å². The van der Waals surface area contributed by atoms with Gasteiger partial charge in [-0.3, -0.25) is 9.48 Å². The Morgan fingerprint density at radius 1 is 1.11 bits per heavy atom. The number of benzene rings is 2. The minimum Gasteiger partial charge on any atom is -0.376 e. The van der Waals surface area contributed by atoms with E-state index in [-0.39, 0.29) is 18.6 Å². The summed E-state index contributed by atoms with van der Waals surface area (Å²) in [6.45, 7) is 8.14. The number of carbonyl (C=O) groups excluding carboxylic acids is 1. The Balaban J connectivity index is 1.54. The summed E-state index contributed by atoms with van der Waals surface area (Å²) < 4.78 is 7.63. The molecule has 1 aliphatic heterocycles. The van der Waals surface area contributed by atoms with Crippen molar-refractivity contribution in [1.29, 1.82) is 0 Å². The van der Waals surface area contributed by atoms with Gasteiger partial charge >= 0.3 is 0 Å². The first-order valence-electron chi connectivity index (χ1n) is 12.3. The van der Waals surface area contributed by atoms with Crippen LogP contribution in [0, 0.1) is 20.8 Å². The van der Waals surface area contributed by atoms with Gasteiger partial charge in [-0.05, 0) is 69.0 Å². The summed E-state index contributed by atoms with van der Waals surface area (Å²) in [5.41, 5.74) is 7.28. The van der Waals surface area contributed by atoms with E-state index in [2.05, 4.69) is 55.3 Å². The highest BCUT2D eigenvalue weighted by Crippen LogP contribution is 2.30. The van der Waals surface area contributed by atoms with Crippen molar-refractivity contribution in [2.24, 2.45) is 0 Å². The summed E-state index contributed by atoms with van der Waals surface area (Å²) in [5, 5.41) is 5.51. The van der Waals surface area contributed by atoms with Gasteiger partial charge in [-0.1, -0.05) is 35.9 Å². The Morgan fingerprint density at radius 2 is 1.97 bits per heavy atom. The highest BCUT2D eigenvalue weighted by Gasteiger charge is 2.25. The van der Waals surface area contributed by atoms with E-state index in [4.69, 9.17) is 9.72 Å². The number of fused-ring (bicyclic) bond motifs is 1. The smallest absolute Gasteiger partial charge is 0.244 e. The maximum atomic E-state index is 13.5. The maximum absolute atomic E-state index is 13.5. The van der Waals surface area contributed by atoms with E-state index < -0.39 is 0 Å². The van der Waals surface area contributed by atoms with E-state index in [1.54, 1.807) is 4.68 Å². The van der Waals surface area contributed by atoms with E-state index in [1.807, 2.05) is 36.2 Å². The number of hydrogen-bond acceptors (Lipinski definition) is 4. The van der Waals surface area contributed by atoms with Crippen molar-refractivity contribution in [3.05, 3.63) is 83.2 Å². The van der Waals surface area contributed by atoms with E-state index >= 15 is 0 Å². The lowest BCUT2D eigenvalue weighted by Crippen LogP contribution is -2.39. The Labute approximate surface area is 206 Å². The standard InChI is InChI=1S/C29H32N4O2/c1-20-10-11-27-23(15-20)16-24(29(30-27)26-9-5-4-7-21(26)2)17-32(18-25-8-6-14-35-25)28(34)19-33-13-12-22(3)31-33/h4-5,7,9-13,15-16,25H,6,8,14,17-19H2,1-3H3/t25-/m1/s1. The second-order valence-electron chi connectivity index (χ2n) is 9.57. The number of hydrogen-bond donors (Lipinski definition) is 0. The zero-order chi connectivity index (χ0) is 24.4. The van der Waals surface area contributed by atoms with E-state index in [1.165, 1.54) is 5.56 Å². The first-order chi connectivity index (χ1) is 17.0. The second kappa shape index (κ2) is 10.0. The predicted octanol–water partition coefficient (Wildman–Crippen LogP) is 5.23. The van der Waals surface area contributed by atoms with Crippen LogP contribution in [0.3, 0.4) is 0 Å². The fourth-order valence-corrected chi connectivity index (χ4v) is 4.82. The minimum absolute atomic E-state index is 0.0312. The molecule has 6 nitrogen and oxygen atoms in total. The van der Waals surface area contributed by atoms with Crippen LogP contribution in [0.15, 0.2) is 60.8 Å². The summed E-state index contributed by atoms with van der Waals surface area (Å²) in [6.07, 6.45) is 3.94. The van der Waals surface area contributed by atoms with Crippen LogP contribution in [0.1, 0.15) is 35.2 Å². The molecule has 1 fully saturated rings. The molecule has 2 aromatic carbocycles. The molecule has 0 N–H and O–H groups in total. The van der Waals surface area contributed by atoms with Gasteiger partial charge in [-0.2, -0.15) is 5.10 Å². The molecule has 0 aliphatic carbocycles. The molecule has 2 aromatic heterocycles. The van der Waals surface area contributed by atoms with E-state index in [9.17, 15) is 4.79 Å². The van der Waals surface area contributed by atoms with Gasteiger partial charge in [0.2, 0.25) is 5.91 Å². The first-order valence-corrected chi connectivity index (χ1v) is 12.3. The number of amides is 1. The molecule has 1 saturated heterocycles. The van der Waals surface area contributed by atoms with Crippen LogP contribution in [-0.2, 0) is 22.6 Å². The molecule has 0 saturated carbocycles. The Hall–Kier alpha value is -3.51. The molecular weight excluding hydrogens is 436 g/mol. The third-order valence-corrected chi connectivity index (χ3v) is 6.68. The van der Waals surface area contributed by atoms with E-state index in [0.29, 0.717) is 13.1 Å². The van der Waals surface area contributed by atoms with Crippen LogP contribution in [0.2, 0.25) is 0 Å². The molecule has 180 valence electrons. The van der Waals surface area contributed by atoms with Crippen molar-refractivity contribution in [3.8, 4) is 11.3 Å². The molecule has 0 spiro atoms. The number of pyridine rings is 1. The molecule has 3 heterocycles. The maximum Gasteiger partial charge on any atom is 0.244 e. The minimum atomic E-state index is 0.0312. The third kappa shape index (κ3) is 5.28. The first kappa shape index (κ1) is 23.2. The van der Waals surface area contributed by atoms with Gasteiger partial charge in [0.1, 0.15) is 6.54 Å². The SMILES string of the molecule is Cc1ccc2nc(-c3ccccc3C)c(CN(C[C@H]3CCCO3)C(=O)Cn3ccc(C)n3)cc2c1. The summed E-state index contributed by atoms with van der Waals surface area (Å²) >= 11 is 0. The molecule has 1 amide bonds. The normalized spacial score (nSPS) is 15.6. The number of ether oxygens (including phenoxy) is 1. The fourth-order valence-electron chi connectivity index (χ4n) is 4.82. The van der Waals surface area contributed by atoms with Gasteiger partial charge in [-0.25, -0.2) is 4.98 Å². The third-order valence-electron chi connectivity index (χ3n) is 6.68. The average molecular weight is 469 g/mol. The topological polar surface area (TPSA) is 60.3 Å².